The van der Waals surface area contributed by atoms with E-state index in [1.165, 1.54) is 0 Å². The minimum atomic E-state index is -0.0230. The Hall–Kier alpha value is -1.43. The second kappa shape index (κ2) is 6.65. The first-order chi connectivity index (χ1) is 9.20. The molecule has 0 amide bonds. The Labute approximate surface area is 120 Å². The monoisotopic (exact) mass is 298 g/mol. The van der Waals surface area contributed by atoms with Gasteiger partial charge < -0.3 is 10.0 Å². The minimum absolute atomic E-state index is 0.0230. The van der Waals surface area contributed by atoms with E-state index in [0.29, 0.717) is 18.9 Å². The highest BCUT2D eigenvalue weighted by molar-refractivity contribution is 6.32. The highest BCUT2D eigenvalue weighted by atomic mass is 35.5. The number of hydrogen-bond acceptors (Lipinski definition) is 5. The van der Waals surface area contributed by atoms with Crippen molar-refractivity contribution in [3.05, 3.63) is 46.3 Å². The topological polar surface area (TPSA) is 62.1 Å². The average Bonchev–Trinajstić information content (AvgIpc) is 2.42. The van der Waals surface area contributed by atoms with Gasteiger partial charge in [0.25, 0.3) is 0 Å². The molecular formula is C12H12Cl2N4O. The maximum absolute atomic E-state index is 9.15. The van der Waals surface area contributed by atoms with Gasteiger partial charge >= 0.3 is 0 Å². The van der Waals surface area contributed by atoms with Crippen molar-refractivity contribution in [2.75, 3.05) is 18.1 Å². The Balaban J connectivity index is 2.27. The highest BCUT2D eigenvalue weighted by Crippen LogP contribution is 2.23. The lowest BCUT2D eigenvalue weighted by molar-refractivity contribution is 0.301. The van der Waals surface area contributed by atoms with Gasteiger partial charge in [-0.05, 0) is 17.2 Å². The van der Waals surface area contributed by atoms with E-state index >= 15 is 0 Å². The van der Waals surface area contributed by atoms with E-state index in [-0.39, 0.29) is 17.0 Å². The Kier molecular flexibility index (Phi) is 4.90. The molecule has 0 bridgehead atoms. The van der Waals surface area contributed by atoms with E-state index in [0.717, 1.165) is 5.56 Å². The Morgan fingerprint density at radius 2 is 1.84 bits per heavy atom. The van der Waals surface area contributed by atoms with Crippen molar-refractivity contribution in [2.45, 2.75) is 6.54 Å². The molecule has 0 atom stereocenters. The van der Waals surface area contributed by atoms with Gasteiger partial charge in [0, 0.05) is 13.1 Å². The maximum Gasteiger partial charge on any atom is 0.245 e. The van der Waals surface area contributed by atoms with Crippen LogP contribution in [0.3, 0.4) is 0 Å². The molecule has 100 valence electrons. The fraction of sp³-hybridized carbons (Fsp3) is 0.250. The van der Waals surface area contributed by atoms with Crippen molar-refractivity contribution in [3.63, 3.8) is 0 Å². The van der Waals surface area contributed by atoms with Gasteiger partial charge in [0.05, 0.1) is 6.61 Å². The summed E-state index contributed by atoms with van der Waals surface area (Å²) >= 11 is 11.7. The van der Waals surface area contributed by atoms with Crippen LogP contribution < -0.4 is 4.90 Å². The van der Waals surface area contributed by atoms with Crippen LogP contribution in [0.4, 0.5) is 5.82 Å². The number of aliphatic hydroxyl groups excluding tert-OH is 1. The van der Waals surface area contributed by atoms with Gasteiger partial charge in [-0.1, -0.05) is 41.9 Å². The van der Waals surface area contributed by atoms with Gasteiger partial charge in [-0.2, -0.15) is 4.98 Å². The third-order valence-electron chi connectivity index (χ3n) is 2.49. The van der Waals surface area contributed by atoms with E-state index in [9.17, 15) is 0 Å². The molecule has 1 aromatic carbocycles. The van der Waals surface area contributed by atoms with E-state index in [1.54, 1.807) is 4.90 Å². The first kappa shape index (κ1) is 14.0. The summed E-state index contributed by atoms with van der Waals surface area (Å²) < 4.78 is 0. The Morgan fingerprint density at radius 1 is 1.11 bits per heavy atom. The van der Waals surface area contributed by atoms with Gasteiger partial charge in [-0.25, -0.2) is 0 Å². The van der Waals surface area contributed by atoms with Crippen LogP contribution in [0.15, 0.2) is 30.3 Å². The number of aromatic nitrogens is 3. The van der Waals surface area contributed by atoms with Crippen LogP contribution in [0.1, 0.15) is 5.56 Å². The molecule has 1 heterocycles. The molecule has 0 aliphatic carbocycles. The largest absolute Gasteiger partial charge is 0.395 e. The summed E-state index contributed by atoms with van der Waals surface area (Å²) in [5.74, 6) is 0.416. The van der Waals surface area contributed by atoms with Crippen molar-refractivity contribution >= 4 is 29.0 Å². The number of anilines is 1. The van der Waals surface area contributed by atoms with Crippen LogP contribution in [-0.4, -0.2) is 33.4 Å². The van der Waals surface area contributed by atoms with Crippen LogP contribution in [0.25, 0.3) is 0 Å². The molecule has 0 fully saturated rings. The smallest absolute Gasteiger partial charge is 0.245 e. The zero-order valence-corrected chi connectivity index (χ0v) is 11.5. The normalized spacial score (nSPS) is 10.5. The minimum Gasteiger partial charge on any atom is -0.395 e. The molecule has 0 radical (unpaired) electrons. The summed E-state index contributed by atoms with van der Waals surface area (Å²) in [7, 11) is 0. The Morgan fingerprint density at radius 3 is 2.53 bits per heavy atom. The lowest BCUT2D eigenvalue weighted by Crippen LogP contribution is -2.27. The van der Waals surface area contributed by atoms with Crippen molar-refractivity contribution < 1.29 is 5.11 Å². The van der Waals surface area contributed by atoms with Crippen molar-refractivity contribution in [3.8, 4) is 0 Å². The molecule has 1 aromatic heterocycles. The second-order valence-electron chi connectivity index (χ2n) is 3.83. The molecule has 1 N–H and O–H groups in total. The van der Waals surface area contributed by atoms with Crippen LogP contribution in [0.2, 0.25) is 10.4 Å². The lowest BCUT2D eigenvalue weighted by Gasteiger charge is -2.23. The zero-order valence-electron chi connectivity index (χ0n) is 10.0. The summed E-state index contributed by atoms with van der Waals surface area (Å²) in [6.07, 6.45) is 0. The van der Waals surface area contributed by atoms with Gasteiger partial charge in [0.1, 0.15) is 0 Å². The third kappa shape index (κ3) is 3.76. The molecule has 19 heavy (non-hydrogen) atoms. The van der Waals surface area contributed by atoms with Crippen LogP contribution >= 0.6 is 23.2 Å². The van der Waals surface area contributed by atoms with Crippen LogP contribution in [-0.2, 0) is 6.54 Å². The summed E-state index contributed by atoms with van der Waals surface area (Å²) in [6, 6.07) is 9.79. The number of halogens is 2. The molecular weight excluding hydrogens is 287 g/mol. The first-order valence-corrected chi connectivity index (χ1v) is 6.41. The zero-order chi connectivity index (χ0) is 13.7. The molecule has 0 spiro atoms. The molecule has 0 saturated heterocycles. The number of hydrogen-bond donors (Lipinski definition) is 1. The molecule has 2 rings (SSSR count). The van der Waals surface area contributed by atoms with E-state index in [2.05, 4.69) is 15.2 Å². The summed E-state index contributed by atoms with van der Waals surface area (Å²) in [6.45, 7) is 0.907. The quantitative estimate of drug-likeness (QED) is 0.917. The molecule has 2 aromatic rings. The standard InChI is InChI=1S/C12H12Cl2N4O/c13-10-11(15-12(14)17-16-10)18(6-7-19)8-9-4-2-1-3-5-9/h1-5,19H,6-8H2. The van der Waals surface area contributed by atoms with Crippen molar-refractivity contribution in [2.24, 2.45) is 0 Å². The highest BCUT2D eigenvalue weighted by Gasteiger charge is 2.14. The lowest BCUT2D eigenvalue weighted by atomic mass is 10.2. The number of benzene rings is 1. The maximum atomic E-state index is 9.15. The van der Waals surface area contributed by atoms with Gasteiger partial charge in [0.15, 0.2) is 11.0 Å². The molecule has 5 nitrogen and oxygen atoms in total. The van der Waals surface area contributed by atoms with Gasteiger partial charge in [0.2, 0.25) is 5.28 Å². The molecule has 0 aliphatic rings. The third-order valence-corrected chi connectivity index (χ3v) is 2.89. The number of aliphatic hydroxyl groups is 1. The first-order valence-electron chi connectivity index (χ1n) is 5.66. The predicted molar refractivity (Wildman–Crippen MR) is 74.4 cm³/mol. The van der Waals surface area contributed by atoms with Crippen molar-refractivity contribution in [1.29, 1.82) is 0 Å². The van der Waals surface area contributed by atoms with Gasteiger partial charge in [-0.3, -0.25) is 0 Å². The number of rotatable bonds is 5. The van der Waals surface area contributed by atoms with E-state index < -0.39 is 0 Å². The Bertz CT molecular complexity index is 539. The average molecular weight is 299 g/mol. The van der Waals surface area contributed by atoms with Crippen molar-refractivity contribution in [1.82, 2.24) is 15.2 Å². The molecule has 7 heteroatoms. The molecule has 0 saturated carbocycles. The fourth-order valence-electron chi connectivity index (χ4n) is 1.67. The summed E-state index contributed by atoms with van der Waals surface area (Å²) in [5, 5.41) is 16.6. The summed E-state index contributed by atoms with van der Waals surface area (Å²) in [5.41, 5.74) is 1.07. The summed E-state index contributed by atoms with van der Waals surface area (Å²) in [4.78, 5) is 5.87. The molecule has 0 unspecified atom stereocenters. The SMILES string of the molecule is OCCN(Cc1ccccc1)c1nc(Cl)nnc1Cl. The predicted octanol–water partition coefficient (Wildman–Crippen LogP) is 2.18. The fourth-order valence-corrected chi connectivity index (χ4v) is 1.99. The van der Waals surface area contributed by atoms with Gasteiger partial charge in [-0.15, -0.1) is 10.2 Å². The molecule has 0 aliphatic heterocycles. The second-order valence-corrected chi connectivity index (χ2v) is 4.52. The number of nitrogens with zero attached hydrogens (tertiary/aromatic N) is 4. The van der Waals surface area contributed by atoms with Crippen LogP contribution in [0.5, 0.6) is 0 Å². The van der Waals surface area contributed by atoms with E-state index in [1.807, 2.05) is 30.3 Å². The van der Waals surface area contributed by atoms with Crippen LogP contribution in [0, 0.1) is 0 Å². The van der Waals surface area contributed by atoms with E-state index in [4.69, 9.17) is 28.3 Å².